The summed E-state index contributed by atoms with van der Waals surface area (Å²) >= 11 is 0. The first kappa shape index (κ1) is 14.5. The van der Waals surface area contributed by atoms with Gasteiger partial charge >= 0.3 is 0 Å². The summed E-state index contributed by atoms with van der Waals surface area (Å²) in [4.78, 5) is 0. The molecular weight excluding hydrogens is 238 g/mol. The molecule has 2 rings (SSSR count). The van der Waals surface area contributed by atoms with Gasteiger partial charge in [0.05, 0.1) is 11.8 Å². The van der Waals surface area contributed by atoms with E-state index in [1.165, 1.54) is 30.5 Å². The van der Waals surface area contributed by atoms with Crippen LogP contribution in [0.1, 0.15) is 56.7 Å². The van der Waals surface area contributed by atoms with Crippen molar-refractivity contribution in [3.05, 3.63) is 17.5 Å². The molecule has 0 saturated carbocycles. The van der Waals surface area contributed by atoms with E-state index < -0.39 is 0 Å². The number of ether oxygens (including phenoxy) is 1. The Bertz CT molecular complexity index is 381. The quantitative estimate of drug-likeness (QED) is 0.804. The van der Waals surface area contributed by atoms with Gasteiger partial charge in [-0.1, -0.05) is 13.8 Å². The minimum Gasteiger partial charge on any atom is -0.378 e. The number of rotatable bonds is 6. The first-order chi connectivity index (χ1) is 9.16. The third kappa shape index (κ3) is 4.32. The molecule has 0 amide bonds. The standard InChI is InChI=1S/C15H27N3O/c1-12(2)15-13(11-18(3)17-15)10-16-8-7-14-6-4-5-9-19-14/h11-12,14,16H,4-10H2,1-3H3. The van der Waals surface area contributed by atoms with Crippen LogP contribution in [0.25, 0.3) is 0 Å². The van der Waals surface area contributed by atoms with Gasteiger partial charge in [0, 0.05) is 32.0 Å². The summed E-state index contributed by atoms with van der Waals surface area (Å²) in [6, 6.07) is 0. The fourth-order valence-corrected chi connectivity index (χ4v) is 2.70. The van der Waals surface area contributed by atoms with Crippen molar-refractivity contribution in [2.75, 3.05) is 13.2 Å². The number of aryl methyl sites for hydroxylation is 1. The Morgan fingerprint density at radius 3 is 3.00 bits per heavy atom. The monoisotopic (exact) mass is 265 g/mol. The van der Waals surface area contributed by atoms with Gasteiger partial charge in [0.2, 0.25) is 0 Å². The molecule has 2 heterocycles. The van der Waals surface area contributed by atoms with Gasteiger partial charge in [-0.05, 0) is 38.1 Å². The van der Waals surface area contributed by atoms with Gasteiger partial charge in [0.15, 0.2) is 0 Å². The van der Waals surface area contributed by atoms with Crippen LogP contribution in [0.3, 0.4) is 0 Å². The van der Waals surface area contributed by atoms with Crippen LogP contribution in [0.2, 0.25) is 0 Å². The SMILES string of the molecule is CC(C)c1nn(C)cc1CNCCC1CCCCO1. The topological polar surface area (TPSA) is 39.1 Å². The fraction of sp³-hybridized carbons (Fsp3) is 0.800. The molecule has 0 radical (unpaired) electrons. The van der Waals surface area contributed by atoms with Crippen molar-refractivity contribution in [1.29, 1.82) is 0 Å². The number of hydrogen-bond donors (Lipinski definition) is 1. The van der Waals surface area contributed by atoms with Gasteiger partial charge in [-0.2, -0.15) is 5.10 Å². The van der Waals surface area contributed by atoms with E-state index in [1.54, 1.807) is 0 Å². The Labute approximate surface area is 116 Å². The third-order valence-electron chi connectivity index (χ3n) is 3.72. The highest BCUT2D eigenvalue weighted by Crippen LogP contribution is 2.17. The summed E-state index contributed by atoms with van der Waals surface area (Å²) in [6.45, 7) is 7.28. The Morgan fingerprint density at radius 2 is 2.32 bits per heavy atom. The van der Waals surface area contributed by atoms with Gasteiger partial charge in [-0.25, -0.2) is 0 Å². The summed E-state index contributed by atoms with van der Waals surface area (Å²) in [5.74, 6) is 0.486. The van der Waals surface area contributed by atoms with E-state index in [9.17, 15) is 0 Å². The molecule has 1 fully saturated rings. The van der Waals surface area contributed by atoms with Crippen LogP contribution in [0.5, 0.6) is 0 Å². The lowest BCUT2D eigenvalue weighted by Crippen LogP contribution is -2.25. The zero-order valence-electron chi connectivity index (χ0n) is 12.5. The number of nitrogens with one attached hydrogen (secondary N) is 1. The van der Waals surface area contributed by atoms with Crippen LogP contribution < -0.4 is 5.32 Å². The van der Waals surface area contributed by atoms with E-state index in [0.717, 1.165) is 26.1 Å². The molecular formula is C15H27N3O. The van der Waals surface area contributed by atoms with Crippen molar-refractivity contribution < 1.29 is 4.74 Å². The largest absolute Gasteiger partial charge is 0.378 e. The smallest absolute Gasteiger partial charge is 0.0694 e. The molecule has 108 valence electrons. The minimum atomic E-state index is 0.472. The Morgan fingerprint density at radius 1 is 1.47 bits per heavy atom. The summed E-state index contributed by atoms with van der Waals surface area (Å²) in [5, 5.41) is 8.05. The van der Waals surface area contributed by atoms with Gasteiger partial charge in [-0.3, -0.25) is 4.68 Å². The summed E-state index contributed by atoms with van der Waals surface area (Å²) in [6.07, 6.45) is 7.50. The van der Waals surface area contributed by atoms with Crippen molar-refractivity contribution in [2.45, 2.75) is 58.1 Å². The van der Waals surface area contributed by atoms with Gasteiger partial charge in [0.1, 0.15) is 0 Å². The van der Waals surface area contributed by atoms with Crippen LogP contribution in [0.15, 0.2) is 6.20 Å². The second-order valence-corrected chi connectivity index (χ2v) is 5.82. The molecule has 1 aromatic heterocycles. The number of hydrogen-bond acceptors (Lipinski definition) is 3. The van der Waals surface area contributed by atoms with Crippen LogP contribution in [-0.2, 0) is 18.3 Å². The molecule has 1 unspecified atom stereocenters. The summed E-state index contributed by atoms with van der Waals surface area (Å²) in [7, 11) is 1.99. The highest BCUT2D eigenvalue weighted by molar-refractivity contribution is 5.19. The molecule has 0 aromatic carbocycles. The number of aromatic nitrogens is 2. The van der Waals surface area contributed by atoms with E-state index in [2.05, 4.69) is 30.5 Å². The van der Waals surface area contributed by atoms with Crippen molar-refractivity contribution in [3.8, 4) is 0 Å². The van der Waals surface area contributed by atoms with Crippen LogP contribution in [0.4, 0.5) is 0 Å². The maximum atomic E-state index is 5.74. The first-order valence-electron chi connectivity index (χ1n) is 7.51. The van der Waals surface area contributed by atoms with E-state index in [-0.39, 0.29) is 0 Å². The molecule has 1 saturated heterocycles. The average molecular weight is 265 g/mol. The van der Waals surface area contributed by atoms with Crippen LogP contribution >= 0.6 is 0 Å². The van der Waals surface area contributed by atoms with E-state index in [0.29, 0.717) is 12.0 Å². The highest BCUT2D eigenvalue weighted by Gasteiger charge is 2.14. The van der Waals surface area contributed by atoms with Gasteiger partial charge in [0.25, 0.3) is 0 Å². The molecule has 1 N–H and O–H groups in total. The summed E-state index contributed by atoms with van der Waals surface area (Å²) < 4.78 is 7.65. The molecule has 0 spiro atoms. The molecule has 0 bridgehead atoms. The predicted molar refractivity (Wildman–Crippen MR) is 77.2 cm³/mol. The zero-order valence-corrected chi connectivity index (χ0v) is 12.5. The fourth-order valence-electron chi connectivity index (χ4n) is 2.70. The Balaban J connectivity index is 1.73. The van der Waals surface area contributed by atoms with Crippen molar-refractivity contribution in [3.63, 3.8) is 0 Å². The second kappa shape index (κ2) is 7.06. The third-order valence-corrected chi connectivity index (χ3v) is 3.72. The lowest BCUT2D eigenvalue weighted by molar-refractivity contribution is 0.0115. The average Bonchev–Trinajstić information content (AvgIpc) is 2.77. The molecule has 1 atom stereocenters. The lowest BCUT2D eigenvalue weighted by atomic mass is 10.1. The Kier molecular flexibility index (Phi) is 5.40. The molecule has 4 nitrogen and oxygen atoms in total. The molecule has 0 aliphatic carbocycles. The molecule has 1 aliphatic rings. The number of nitrogens with zero attached hydrogens (tertiary/aromatic N) is 2. The van der Waals surface area contributed by atoms with Crippen LogP contribution in [-0.4, -0.2) is 29.0 Å². The zero-order chi connectivity index (χ0) is 13.7. The molecule has 1 aromatic rings. The molecule has 4 heteroatoms. The maximum absolute atomic E-state index is 5.74. The van der Waals surface area contributed by atoms with Crippen LogP contribution in [0, 0.1) is 0 Å². The molecule has 1 aliphatic heterocycles. The maximum Gasteiger partial charge on any atom is 0.0694 e. The Hall–Kier alpha value is -0.870. The first-order valence-corrected chi connectivity index (χ1v) is 7.51. The van der Waals surface area contributed by atoms with Crippen molar-refractivity contribution in [1.82, 2.24) is 15.1 Å². The van der Waals surface area contributed by atoms with Gasteiger partial charge in [-0.15, -0.1) is 0 Å². The van der Waals surface area contributed by atoms with E-state index >= 15 is 0 Å². The second-order valence-electron chi connectivity index (χ2n) is 5.82. The van der Waals surface area contributed by atoms with Crippen molar-refractivity contribution >= 4 is 0 Å². The lowest BCUT2D eigenvalue weighted by Gasteiger charge is -2.22. The van der Waals surface area contributed by atoms with E-state index in [4.69, 9.17) is 4.74 Å². The normalized spacial score (nSPS) is 20.1. The van der Waals surface area contributed by atoms with E-state index in [1.807, 2.05) is 11.7 Å². The predicted octanol–water partition coefficient (Wildman–Crippen LogP) is 2.59. The van der Waals surface area contributed by atoms with Gasteiger partial charge < -0.3 is 10.1 Å². The highest BCUT2D eigenvalue weighted by atomic mass is 16.5. The minimum absolute atomic E-state index is 0.472. The molecule has 19 heavy (non-hydrogen) atoms. The van der Waals surface area contributed by atoms with Crippen molar-refractivity contribution in [2.24, 2.45) is 7.05 Å². The summed E-state index contributed by atoms with van der Waals surface area (Å²) in [5.41, 5.74) is 2.53.